The van der Waals surface area contributed by atoms with Crippen LogP contribution in [0.5, 0.6) is 0 Å². The summed E-state index contributed by atoms with van der Waals surface area (Å²) in [5.41, 5.74) is 1.14. The first kappa shape index (κ1) is 11.0. The predicted molar refractivity (Wildman–Crippen MR) is 59.0 cm³/mol. The van der Waals surface area contributed by atoms with Crippen molar-refractivity contribution < 1.29 is 9.53 Å². The number of halogens is 1. The molecular weight excluding hydrogens is 244 g/mol. The summed E-state index contributed by atoms with van der Waals surface area (Å²) in [5, 5.41) is 0. The van der Waals surface area contributed by atoms with E-state index in [0.29, 0.717) is 6.61 Å². The molecule has 0 N–H and O–H groups in total. The van der Waals surface area contributed by atoms with Gasteiger partial charge in [-0.3, -0.25) is 0 Å². The minimum Gasteiger partial charge on any atom is -0.462 e. The number of carbonyl (C=O) groups is 1. The molecule has 0 amide bonds. The Balaban J connectivity index is 2.38. The maximum absolute atomic E-state index is 10.7. The van der Waals surface area contributed by atoms with Gasteiger partial charge in [-0.2, -0.15) is 0 Å². The molecule has 0 aliphatic carbocycles. The third-order valence-electron chi connectivity index (χ3n) is 1.69. The zero-order valence-electron chi connectivity index (χ0n) is 7.70. The van der Waals surface area contributed by atoms with Gasteiger partial charge in [-0.1, -0.05) is 34.6 Å². The van der Waals surface area contributed by atoms with Crippen LogP contribution in [0.25, 0.3) is 0 Å². The molecule has 0 aliphatic rings. The fraction of sp³-hybridized carbons (Fsp3) is 0.182. The largest absolute Gasteiger partial charge is 0.462 e. The Hall–Kier alpha value is -1.09. The van der Waals surface area contributed by atoms with E-state index in [-0.39, 0.29) is 5.97 Å². The van der Waals surface area contributed by atoms with Crippen LogP contribution in [0.15, 0.2) is 41.4 Å². The molecule has 0 atom stereocenters. The van der Waals surface area contributed by atoms with E-state index >= 15 is 0 Å². The zero-order chi connectivity index (χ0) is 10.4. The molecule has 0 unspecified atom stereocenters. The van der Waals surface area contributed by atoms with Crippen LogP contribution < -0.4 is 0 Å². The van der Waals surface area contributed by atoms with Gasteiger partial charge in [0.05, 0.1) is 6.61 Å². The van der Waals surface area contributed by atoms with Gasteiger partial charge < -0.3 is 4.74 Å². The fourth-order valence-corrected chi connectivity index (χ4v) is 1.47. The Morgan fingerprint density at radius 2 is 2.36 bits per heavy atom. The Morgan fingerprint density at radius 1 is 1.57 bits per heavy atom. The minimum atomic E-state index is -0.375. The first-order valence-corrected chi connectivity index (χ1v) is 5.05. The second-order valence-electron chi connectivity index (χ2n) is 2.75. The van der Waals surface area contributed by atoms with Crippen molar-refractivity contribution in [1.82, 2.24) is 0 Å². The summed E-state index contributed by atoms with van der Waals surface area (Å²) in [4.78, 5) is 10.7. The van der Waals surface area contributed by atoms with Crippen molar-refractivity contribution in [3.05, 3.63) is 47.0 Å². The first-order chi connectivity index (χ1) is 6.72. The number of carbonyl (C=O) groups excluding carboxylic acids is 1. The maximum atomic E-state index is 10.7. The van der Waals surface area contributed by atoms with Gasteiger partial charge in [0, 0.05) is 17.0 Å². The van der Waals surface area contributed by atoms with Crippen LogP contribution in [-0.4, -0.2) is 12.6 Å². The minimum absolute atomic E-state index is 0.375. The number of ether oxygens (including phenoxy) is 1. The molecule has 74 valence electrons. The monoisotopic (exact) mass is 254 g/mol. The molecule has 1 aromatic rings. The summed E-state index contributed by atoms with van der Waals surface area (Å²) < 4.78 is 5.90. The summed E-state index contributed by atoms with van der Waals surface area (Å²) in [7, 11) is 0. The maximum Gasteiger partial charge on any atom is 0.330 e. The van der Waals surface area contributed by atoms with Crippen molar-refractivity contribution in [2.75, 3.05) is 6.61 Å². The highest BCUT2D eigenvalue weighted by Gasteiger charge is 1.97. The normalized spacial score (nSPS) is 9.50. The number of hydrogen-bond donors (Lipinski definition) is 0. The number of benzene rings is 1. The van der Waals surface area contributed by atoms with Crippen LogP contribution in [-0.2, 0) is 16.0 Å². The van der Waals surface area contributed by atoms with Gasteiger partial charge in [0.2, 0.25) is 0 Å². The molecule has 0 aliphatic heterocycles. The molecule has 0 bridgehead atoms. The van der Waals surface area contributed by atoms with E-state index in [1.54, 1.807) is 0 Å². The molecule has 3 heteroatoms. The molecule has 0 fully saturated rings. The molecule has 14 heavy (non-hydrogen) atoms. The highest BCUT2D eigenvalue weighted by Crippen LogP contribution is 2.11. The first-order valence-electron chi connectivity index (χ1n) is 4.26. The second kappa shape index (κ2) is 5.60. The van der Waals surface area contributed by atoms with Gasteiger partial charge in [0.15, 0.2) is 0 Å². The van der Waals surface area contributed by atoms with Gasteiger partial charge >= 0.3 is 5.97 Å². The van der Waals surface area contributed by atoms with Crippen LogP contribution in [0.3, 0.4) is 0 Å². The standard InChI is InChI=1S/C11H11BrO2/c1-2-11(13)14-7-6-9-4-3-5-10(12)8-9/h2-5,8H,1,6-7H2. The summed E-state index contributed by atoms with van der Waals surface area (Å²) in [6.07, 6.45) is 1.89. The number of rotatable bonds is 4. The average Bonchev–Trinajstić information content (AvgIpc) is 2.17. The lowest BCUT2D eigenvalue weighted by Gasteiger charge is -2.02. The number of hydrogen-bond acceptors (Lipinski definition) is 2. The van der Waals surface area contributed by atoms with Crippen molar-refractivity contribution in [2.45, 2.75) is 6.42 Å². The highest BCUT2D eigenvalue weighted by molar-refractivity contribution is 9.10. The molecule has 0 heterocycles. The summed E-state index contributed by atoms with van der Waals surface area (Å²) in [6.45, 7) is 3.71. The van der Waals surface area contributed by atoms with Gasteiger partial charge in [-0.25, -0.2) is 4.79 Å². The van der Waals surface area contributed by atoms with Crippen LogP contribution in [0.1, 0.15) is 5.56 Å². The zero-order valence-corrected chi connectivity index (χ0v) is 9.29. The van der Waals surface area contributed by atoms with E-state index in [9.17, 15) is 4.79 Å². The third kappa shape index (κ3) is 3.75. The lowest BCUT2D eigenvalue weighted by molar-refractivity contribution is -0.137. The van der Waals surface area contributed by atoms with Crippen molar-refractivity contribution in [3.8, 4) is 0 Å². The molecule has 0 radical (unpaired) electrons. The van der Waals surface area contributed by atoms with Gasteiger partial charge in [0.1, 0.15) is 0 Å². The van der Waals surface area contributed by atoms with Crippen molar-refractivity contribution >= 4 is 21.9 Å². The van der Waals surface area contributed by atoms with Gasteiger partial charge in [0.25, 0.3) is 0 Å². The summed E-state index contributed by atoms with van der Waals surface area (Å²) in [5.74, 6) is -0.375. The average molecular weight is 255 g/mol. The van der Waals surface area contributed by atoms with E-state index < -0.39 is 0 Å². The molecule has 0 saturated carbocycles. The molecule has 2 nitrogen and oxygen atoms in total. The van der Waals surface area contributed by atoms with E-state index in [4.69, 9.17) is 4.74 Å². The highest BCUT2D eigenvalue weighted by atomic mass is 79.9. The quantitative estimate of drug-likeness (QED) is 0.610. The molecule has 0 spiro atoms. The topological polar surface area (TPSA) is 26.3 Å². The smallest absolute Gasteiger partial charge is 0.330 e. The second-order valence-corrected chi connectivity index (χ2v) is 3.67. The SMILES string of the molecule is C=CC(=O)OCCc1cccc(Br)c1. The van der Waals surface area contributed by atoms with E-state index in [0.717, 1.165) is 16.5 Å². The third-order valence-corrected chi connectivity index (χ3v) is 2.18. The number of esters is 1. The van der Waals surface area contributed by atoms with E-state index in [1.165, 1.54) is 6.08 Å². The van der Waals surface area contributed by atoms with Crippen LogP contribution >= 0.6 is 15.9 Å². The Morgan fingerprint density at radius 3 is 3.00 bits per heavy atom. The van der Waals surface area contributed by atoms with Crippen LogP contribution in [0.4, 0.5) is 0 Å². The Kier molecular flexibility index (Phi) is 4.40. The lowest BCUT2D eigenvalue weighted by atomic mass is 10.2. The Bertz CT molecular complexity index is 334. The molecule has 0 saturated heterocycles. The molecule has 1 rings (SSSR count). The van der Waals surface area contributed by atoms with E-state index in [2.05, 4.69) is 22.5 Å². The van der Waals surface area contributed by atoms with Crippen LogP contribution in [0.2, 0.25) is 0 Å². The predicted octanol–water partition coefficient (Wildman–Crippen LogP) is 2.72. The van der Waals surface area contributed by atoms with Crippen molar-refractivity contribution in [2.24, 2.45) is 0 Å². The molecule has 0 aromatic heterocycles. The summed E-state index contributed by atoms with van der Waals surface area (Å²) in [6, 6.07) is 7.91. The van der Waals surface area contributed by atoms with Gasteiger partial charge in [-0.15, -0.1) is 0 Å². The van der Waals surface area contributed by atoms with Crippen molar-refractivity contribution in [3.63, 3.8) is 0 Å². The van der Waals surface area contributed by atoms with E-state index in [1.807, 2.05) is 24.3 Å². The molecular formula is C11H11BrO2. The summed E-state index contributed by atoms with van der Waals surface area (Å²) >= 11 is 3.37. The van der Waals surface area contributed by atoms with Crippen LogP contribution in [0, 0.1) is 0 Å². The fourth-order valence-electron chi connectivity index (χ4n) is 1.02. The molecule has 1 aromatic carbocycles. The lowest BCUT2D eigenvalue weighted by Crippen LogP contribution is -2.04. The van der Waals surface area contributed by atoms with Gasteiger partial charge in [-0.05, 0) is 17.7 Å². The Labute approximate surface area is 91.7 Å². The van der Waals surface area contributed by atoms with Crippen molar-refractivity contribution in [1.29, 1.82) is 0 Å².